The molecule has 0 spiro atoms. The molecule has 2 aliphatic heterocycles. The Balaban J connectivity index is 1.65. The molecule has 11 heteroatoms. The van der Waals surface area contributed by atoms with Crippen molar-refractivity contribution in [2.24, 2.45) is 0 Å². The third-order valence-electron chi connectivity index (χ3n) is 4.66. The normalized spacial score (nSPS) is 18.0. The van der Waals surface area contributed by atoms with Crippen LogP contribution in [0.1, 0.15) is 0 Å². The molecule has 156 valence electrons. The fraction of sp³-hybridized carbons (Fsp3) is 0.500. The van der Waals surface area contributed by atoms with Crippen LogP contribution in [0.25, 0.3) is 11.3 Å². The Morgan fingerprint density at radius 2 is 1.55 bits per heavy atom. The monoisotopic (exact) mass is 410 g/mol. The molecule has 8 nitrogen and oxygen atoms in total. The number of pyridine rings is 1. The maximum absolute atomic E-state index is 12.5. The standard InChI is InChI=1S/C18H21F3N6O2/c19-18(20,21)25-15-2-1-13(12-22-15)14-11-16(26-3-7-28-8-4-26)24-17(23-14)27-5-9-29-10-6-27/h1-2,11-12H,3-10H2,(H,22,25). The SMILES string of the molecule is FC(F)(F)Nc1ccc(-c2cc(N3CCOCC3)nc(N3CCOCC3)n2)cn1. The van der Waals surface area contributed by atoms with Gasteiger partial charge in [0.2, 0.25) is 5.95 Å². The van der Waals surface area contributed by atoms with Crippen LogP contribution in [0, 0.1) is 0 Å². The van der Waals surface area contributed by atoms with Gasteiger partial charge in [-0.05, 0) is 12.1 Å². The number of nitrogens with zero attached hydrogens (tertiary/aromatic N) is 5. The quantitative estimate of drug-likeness (QED) is 0.769. The molecule has 4 rings (SSSR count). The Kier molecular flexibility index (Phi) is 5.67. The molecule has 29 heavy (non-hydrogen) atoms. The van der Waals surface area contributed by atoms with Crippen LogP contribution in [0.15, 0.2) is 24.4 Å². The number of rotatable bonds is 4. The molecule has 2 aromatic heterocycles. The highest BCUT2D eigenvalue weighted by atomic mass is 19.4. The Morgan fingerprint density at radius 1 is 0.897 bits per heavy atom. The third-order valence-corrected chi connectivity index (χ3v) is 4.66. The molecule has 2 saturated heterocycles. The topological polar surface area (TPSA) is 75.6 Å². The van der Waals surface area contributed by atoms with E-state index < -0.39 is 6.30 Å². The first-order valence-electron chi connectivity index (χ1n) is 9.34. The van der Waals surface area contributed by atoms with Crippen LogP contribution in [-0.4, -0.2) is 73.9 Å². The molecule has 2 aromatic rings. The largest absolute Gasteiger partial charge is 0.483 e. The van der Waals surface area contributed by atoms with Gasteiger partial charge in [-0.2, -0.15) is 18.2 Å². The van der Waals surface area contributed by atoms with E-state index in [0.717, 1.165) is 5.82 Å². The summed E-state index contributed by atoms with van der Waals surface area (Å²) in [4.78, 5) is 17.4. The van der Waals surface area contributed by atoms with Gasteiger partial charge in [-0.1, -0.05) is 0 Å². The Labute approximate surface area is 165 Å². The van der Waals surface area contributed by atoms with Crippen LogP contribution in [0.5, 0.6) is 0 Å². The summed E-state index contributed by atoms with van der Waals surface area (Å²) in [7, 11) is 0. The van der Waals surface area contributed by atoms with Gasteiger partial charge >= 0.3 is 6.30 Å². The summed E-state index contributed by atoms with van der Waals surface area (Å²) >= 11 is 0. The predicted octanol–water partition coefficient (Wildman–Crippen LogP) is 2.14. The van der Waals surface area contributed by atoms with Crippen LogP contribution >= 0.6 is 0 Å². The molecule has 0 atom stereocenters. The van der Waals surface area contributed by atoms with Crippen LogP contribution in [-0.2, 0) is 9.47 Å². The lowest BCUT2D eigenvalue weighted by molar-refractivity contribution is -0.100. The first-order valence-corrected chi connectivity index (χ1v) is 9.34. The zero-order chi connectivity index (χ0) is 20.3. The van der Waals surface area contributed by atoms with Gasteiger partial charge in [-0.3, -0.25) is 5.32 Å². The van der Waals surface area contributed by atoms with E-state index in [4.69, 9.17) is 14.5 Å². The average Bonchev–Trinajstić information content (AvgIpc) is 2.74. The Morgan fingerprint density at radius 3 is 2.14 bits per heavy atom. The van der Waals surface area contributed by atoms with E-state index in [1.54, 1.807) is 6.07 Å². The van der Waals surface area contributed by atoms with Crippen molar-refractivity contribution >= 4 is 17.6 Å². The maximum atomic E-state index is 12.5. The Hall–Kier alpha value is -2.66. The van der Waals surface area contributed by atoms with E-state index in [1.165, 1.54) is 17.6 Å². The van der Waals surface area contributed by atoms with E-state index >= 15 is 0 Å². The maximum Gasteiger partial charge on any atom is 0.483 e. The molecule has 0 radical (unpaired) electrons. The van der Waals surface area contributed by atoms with Crippen LogP contribution < -0.4 is 15.1 Å². The fourth-order valence-corrected chi connectivity index (χ4v) is 3.19. The molecule has 0 saturated carbocycles. The minimum Gasteiger partial charge on any atom is -0.378 e. The summed E-state index contributed by atoms with van der Waals surface area (Å²) in [5.74, 6) is 1.07. The molecule has 0 amide bonds. The van der Waals surface area contributed by atoms with E-state index in [9.17, 15) is 13.2 Å². The van der Waals surface area contributed by atoms with Gasteiger partial charge in [-0.15, -0.1) is 0 Å². The van der Waals surface area contributed by atoms with Crippen molar-refractivity contribution in [3.63, 3.8) is 0 Å². The van der Waals surface area contributed by atoms with Gasteiger partial charge in [0.25, 0.3) is 0 Å². The summed E-state index contributed by atoms with van der Waals surface area (Å²) in [6.07, 6.45) is -3.15. The zero-order valence-electron chi connectivity index (χ0n) is 15.7. The van der Waals surface area contributed by atoms with Crippen molar-refractivity contribution in [3.05, 3.63) is 24.4 Å². The summed E-state index contributed by atoms with van der Waals surface area (Å²) < 4.78 is 48.3. The van der Waals surface area contributed by atoms with Crippen molar-refractivity contribution < 1.29 is 22.6 Å². The van der Waals surface area contributed by atoms with Gasteiger partial charge in [0.1, 0.15) is 11.6 Å². The zero-order valence-corrected chi connectivity index (χ0v) is 15.7. The summed E-state index contributed by atoms with van der Waals surface area (Å²) in [5, 5.41) is 1.40. The molecule has 0 aliphatic carbocycles. The second-order valence-electron chi connectivity index (χ2n) is 6.67. The van der Waals surface area contributed by atoms with Gasteiger partial charge in [-0.25, -0.2) is 9.97 Å². The van der Waals surface area contributed by atoms with Gasteiger partial charge in [0, 0.05) is 44.0 Å². The number of hydrogen-bond acceptors (Lipinski definition) is 8. The highest BCUT2D eigenvalue weighted by molar-refractivity contribution is 5.65. The average molecular weight is 410 g/mol. The molecule has 0 bridgehead atoms. The number of aromatic nitrogens is 3. The molecule has 2 aliphatic rings. The second-order valence-corrected chi connectivity index (χ2v) is 6.67. The number of anilines is 3. The van der Waals surface area contributed by atoms with Crippen molar-refractivity contribution in [1.29, 1.82) is 0 Å². The molecule has 2 fully saturated rings. The third kappa shape index (κ3) is 5.04. The Bertz CT molecular complexity index is 785. The van der Waals surface area contributed by atoms with Crippen LogP contribution in [0.3, 0.4) is 0 Å². The van der Waals surface area contributed by atoms with E-state index in [-0.39, 0.29) is 5.82 Å². The van der Waals surface area contributed by atoms with E-state index in [0.29, 0.717) is 69.8 Å². The highest BCUT2D eigenvalue weighted by Crippen LogP contribution is 2.27. The molecule has 4 heterocycles. The minimum atomic E-state index is -4.53. The van der Waals surface area contributed by atoms with Gasteiger partial charge in [0.05, 0.1) is 32.1 Å². The summed E-state index contributed by atoms with van der Waals surface area (Å²) in [6, 6.07) is 4.69. The minimum absolute atomic E-state index is 0.267. The molecular weight excluding hydrogens is 389 g/mol. The molecular formula is C18H21F3N6O2. The highest BCUT2D eigenvalue weighted by Gasteiger charge is 2.27. The van der Waals surface area contributed by atoms with Crippen LogP contribution in [0.4, 0.5) is 30.8 Å². The lowest BCUT2D eigenvalue weighted by Crippen LogP contribution is -2.39. The predicted molar refractivity (Wildman–Crippen MR) is 101 cm³/mol. The lowest BCUT2D eigenvalue weighted by Gasteiger charge is -2.31. The first-order chi connectivity index (χ1) is 14.0. The molecule has 0 unspecified atom stereocenters. The number of halogens is 3. The lowest BCUT2D eigenvalue weighted by atomic mass is 10.2. The fourth-order valence-electron chi connectivity index (χ4n) is 3.19. The number of alkyl halides is 3. The van der Waals surface area contributed by atoms with E-state index in [1.807, 2.05) is 11.0 Å². The molecule has 0 aromatic carbocycles. The van der Waals surface area contributed by atoms with Crippen molar-refractivity contribution in [3.8, 4) is 11.3 Å². The summed E-state index contributed by atoms with van der Waals surface area (Å²) in [5.41, 5.74) is 1.22. The smallest absolute Gasteiger partial charge is 0.378 e. The van der Waals surface area contributed by atoms with Crippen LogP contribution in [0.2, 0.25) is 0 Å². The van der Waals surface area contributed by atoms with Crippen molar-refractivity contribution in [1.82, 2.24) is 15.0 Å². The number of hydrogen-bond donors (Lipinski definition) is 1. The van der Waals surface area contributed by atoms with E-state index in [2.05, 4.69) is 14.9 Å². The molecule has 1 N–H and O–H groups in total. The van der Waals surface area contributed by atoms with Gasteiger partial charge < -0.3 is 19.3 Å². The second kappa shape index (κ2) is 8.37. The van der Waals surface area contributed by atoms with Crippen molar-refractivity contribution in [2.75, 3.05) is 67.7 Å². The number of ether oxygens (including phenoxy) is 2. The first kappa shape index (κ1) is 19.6. The summed E-state index contributed by atoms with van der Waals surface area (Å²) in [6.45, 7) is 5.21. The number of morpholine rings is 2. The number of nitrogens with one attached hydrogen (secondary N) is 1. The van der Waals surface area contributed by atoms with Crippen molar-refractivity contribution in [2.45, 2.75) is 6.30 Å². The van der Waals surface area contributed by atoms with Gasteiger partial charge in [0.15, 0.2) is 0 Å².